The van der Waals surface area contributed by atoms with Crippen molar-refractivity contribution < 1.29 is 4.43 Å². The summed E-state index contributed by atoms with van der Waals surface area (Å²) in [6.07, 6.45) is 1.17. The number of rotatable bonds is 2. The van der Waals surface area contributed by atoms with Crippen molar-refractivity contribution in [3.63, 3.8) is 0 Å². The zero-order valence-corrected chi connectivity index (χ0v) is 24.9. The van der Waals surface area contributed by atoms with Crippen molar-refractivity contribution in [3.05, 3.63) is 11.1 Å². The van der Waals surface area contributed by atoms with Crippen molar-refractivity contribution in [2.45, 2.75) is 110 Å². The minimum absolute atomic E-state index is 0.0553. The summed E-state index contributed by atoms with van der Waals surface area (Å²) in [6, 6.07) is 0. The molecule has 4 radical (unpaired) electrons. The maximum Gasteiger partial charge on any atom is 0.0379 e. The number of allylic oxidation sites excluding steroid dienone is 1. The van der Waals surface area contributed by atoms with Crippen LogP contribution in [0.4, 0.5) is 0 Å². The molecule has 148 valence electrons. The van der Waals surface area contributed by atoms with Gasteiger partial charge in [-0.25, -0.2) is 0 Å². The quantitative estimate of drug-likeness (QED) is 0.314. The van der Waals surface area contributed by atoms with E-state index in [0.29, 0.717) is 0 Å². The average Bonchev–Trinajstić information content (AvgIpc) is 2.29. The van der Waals surface area contributed by atoms with Crippen LogP contribution in [-0.4, -0.2) is 45.8 Å². The topological polar surface area (TPSA) is 9.23 Å². The van der Waals surface area contributed by atoms with Gasteiger partial charge in [-0.3, -0.25) is 0 Å². The summed E-state index contributed by atoms with van der Waals surface area (Å²) in [7, 11) is -1.23. The van der Waals surface area contributed by atoms with Crippen LogP contribution in [-0.2, 0) is 4.43 Å². The zero-order chi connectivity index (χ0) is 20.6. The van der Waals surface area contributed by atoms with E-state index in [9.17, 15) is 0 Å². The molecule has 1 aliphatic heterocycles. The number of hydrogen-bond donors (Lipinski definition) is 0. The summed E-state index contributed by atoms with van der Waals surface area (Å²) in [5.41, 5.74) is 3.48. The molecule has 1 atom stereocenters. The molecule has 1 nitrogen and oxygen atoms in total. The van der Waals surface area contributed by atoms with E-state index in [1.807, 2.05) is 0 Å². The first-order valence-corrected chi connectivity index (χ1v) is 21.5. The fraction of sp³-hybridized carbons (Fsp3) is 0.900. The second kappa shape index (κ2) is 11.7. The molecule has 0 amide bonds. The monoisotopic (exact) mass is 460 g/mol. The number of hydrogen-bond acceptors (Lipinski definition) is 1. The summed E-state index contributed by atoms with van der Waals surface area (Å²) < 4.78 is 6.89. The van der Waals surface area contributed by atoms with Crippen molar-refractivity contribution in [3.8, 4) is 0 Å². The maximum atomic E-state index is 6.71. The Bertz CT molecular complexity index is 395. The minimum Gasteiger partial charge on any atom is -0.0715 e. The zero-order valence-electron chi connectivity index (χ0n) is 19.8. The Morgan fingerprint density at radius 2 is 1.24 bits per heavy atom. The minimum atomic E-state index is -1.47. The van der Waals surface area contributed by atoms with Gasteiger partial charge in [-0.15, -0.1) is 0 Å². The van der Waals surface area contributed by atoms with Crippen molar-refractivity contribution in [2.24, 2.45) is 5.41 Å². The van der Waals surface area contributed by atoms with Crippen LogP contribution in [0.5, 0.6) is 0 Å². The fourth-order valence-electron chi connectivity index (χ4n) is 2.29. The van der Waals surface area contributed by atoms with Crippen molar-refractivity contribution in [1.29, 1.82) is 0 Å². The maximum absolute atomic E-state index is 6.71. The Morgan fingerprint density at radius 1 is 0.880 bits per heavy atom. The summed E-state index contributed by atoms with van der Waals surface area (Å²) in [5, 5.41) is 1.33. The molecule has 0 aromatic heterocycles. The van der Waals surface area contributed by atoms with Crippen molar-refractivity contribution in [1.82, 2.24) is 0 Å². The van der Waals surface area contributed by atoms with E-state index < -0.39 is 8.32 Å². The van der Waals surface area contributed by atoms with Gasteiger partial charge in [0.15, 0.2) is 0 Å². The summed E-state index contributed by atoms with van der Waals surface area (Å²) in [6.45, 7) is 32.3. The first-order chi connectivity index (χ1) is 10.9. The molecular formula is C20H46GeOSi3. The van der Waals surface area contributed by atoms with Gasteiger partial charge in [0.1, 0.15) is 0 Å². The first-order valence-electron chi connectivity index (χ1n) is 9.57. The largest absolute Gasteiger partial charge is 0.0715 e. The third-order valence-corrected chi connectivity index (χ3v) is 9.80. The fourth-order valence-corrected chi connectivity index (χ4v) is 9.89. The Labute approximate surface area is 171 Å². The van der Waals surface area contributed by atoms with Gasteiger partial charge in [-0.2, -0.15) is 0 Å². The van der Waals surface area contributed by atoms with Gasteiger partial charge in [-0.05, 0) is 0 Å². The van der Waals surface area contributed by atoms with Gasteiger partial charge in [0, 0.05) is 17.6 Å². The van der Waals surface area contributed by atoms with E-state index in [1.165, 1.54) is 11.7 Å². The Balaban J connectivity index is 0. The molecule has 0 aromatic rings. The van der Waals surface area contributed by atoms with Gasteiger partial charge >= 0.3 is 115 Å². The van der Waals surface area contributed by atoms with Crippen LogP contribution in [0.2, 0.25) is 64.2 Å². The van der Waals surface area contributed by atoms with Crippen LogP contribution in [0.3, 0.4) is 0 Å². The van der Waals surface area contributed by atoms with E-state index in [1.54, 1.807) is 11.1 Å². The van der Waals surface area contributed by atoms with Crippen LogP contribution in [0.1, 0.15) is 41.0 Å². The molecule has 0 N–H and O–H groups in total. The average molecular weight is 459 g/mol. The molecule has 1 heterocycles. The Morgan fingerprint density at radius 3 is 1.48 bits per heavy atom. The Hall–Kier alpha value is 0.894. The molecule has 0 aromatic carbocycles. The molecular weight excluding hydrogens is 413 g/mol. The normalized spacial score (nSPS) is 21.6. The molecule has 0 saturated carbocycles. The molecule has 0 bridgehead atoms. The van der Waals surface area contributed by atoms with Gasteiger partial charge < -0.3 is 0 Å². The van der Waals surface area contributed by atoms with Gasteiger partial charge in [-0.1, -0.05) is 39.3 Å². The van der Waals surface area contributed by atoms with Crippen molar-refractivity contribution in [2.75, 3.05) is 0 Å². The van der Waals surface area contributed by atoms with E-state index in [2.05, 4.69) is 93.5 Å². The summed E-state index contributed by atoms with van der Waals surface area (Å²) in [4.78, 5) is 0. The second-order valence-electron chi connectivity index (χ2n) is 10.4. The van der Waals surface area contributed by atoms with E-state index in [-0.39, 0.29) is 42.9 Å². The van der Waals surface area contributed by atoms with Gasteiger partial charge in [0.2, 0.25) is 0 Å². The summed E-state index contributed by atoms with van der Waals surface area (Å²) in [5.74, 6) is 0. The predicted molar refractivity (Wildman–Crippen MR) is 127 cm³/mol. The Kier molecular flexibility index (Phi) is 13.1. The molecule has 1 aliphatic rings. The first kappa shape index (κ1) is 28.1. The molecule has 0 aliphatic carbocycles. The van der Waals surface area contributed by atoms with Crippen molar-refractivity contribution >= 4 is 41.3 Å². The molecule has 0 saturated heterocycles. The smallest absolute Gasteiger partial charge is 0.0379 e. The molecule has 0 spiro atoms. The molecule has 0 fully saturated rings. The van der Waals surface area contributed by atoms with Crippen LogP contribution < -0.4 is 0 Å². The molecule has 1 unspecified atom stereocenters. The summed E-state index contributed by atoms with van der Waals surface area (Å²) >= 11 is -0.0553. The predicted octanol–water partition coefficient (Wildman–Crippen LogP) is 7.18. The molecule has 25 heavy (non-hydrogen) atoms. The third kappa shape index (κ3) is 13.7. The van der Waals surface area contributed by atoms with E-state index >= 15 is 0 Å². The van der Waals surface area contributed by atoms with E-state index in [4.69, 9.17) is 4.43 Å². The van der Waals surface area contributed by atoms with Crippen LogP contribution in [0.25, 0.3) is 0 Å². The van der Waals surface area contributed by atoms with Crippen LogP contribution in [0.15, 0.2) is 11.1 Å². The molecule has 5 heteroatoms. The SMILES string of the molecule is CC1=C(C)C[C](O[Si](C)(C)C)(C(C)(C)C)[Ge][CH2]1.C[Si](C)C.C[Si](C)C. The van der Waals surface area contributed by atoms with Crippen LogP contribution in [0, 0.1) is 5.41 Å². The standard InChI is InChI=1S/C14H28GeOSi.2C3H9Si/c1-11-9-14(13(3,4)5,15-10-12(11)2)16-17(6,7)8;2*1-4(2)3/h9-10H2,1-8H3;2*1-3H3. The van der Waals surface area contributed by atoms with Gasteiger partial charge in [0.05, 0.1) is 0 Å². The van der Waals surface area contributed by atoms with Crippen LogP contribution >= 0.6 is 0 Å². The van der Waals surface area contributed by atoms with E-state index in [0.717, 1.165) is 0 Å². The molecule has 1 rings (SSSR count). The van der Waals surface area contributed by atoms with Gasteiger partial charge in [0.25, 0.3) is 0 Å². The second-order valence-corrected chi connectivity index (χ2v) is 24.0. The third-order valence-electron chi connectivity index (χ3n) is 3.57.